The molecule has 1 aromatic heterocycles. The molecular weight excluding hydrogens is 334 g/mol. The van der Waals surface area contributed by atoms with Crippen LogP contribution in [0.5, 0.6) is 0 Å². The fraction of sp³-hybridized carbons (Fsp3) is 0.368. The van der Waals surface area contributed by atoms with E-state index in [9.17, 15) is 9.59 Å². The predicted molar refractivity (Wildman–Crippen MR) is 99.8 cm³/mol. The molecule has 1 fully saturated rings. The van der Waals surface area contributed by atoms with Crippen LogP contribution in [-0.4, -0.2) is 35.8 Å². The Balaban J connectivity index is 1.47. The molecule has 25 heavy (non-hydrogen) atoms. The highest BCUT2D eigenvalue weighted by Gasteiger charge is 2.21. The summed E-state index contributed by atoms with van der Waals surface area (Å²) in [5.74, 6) is -0.359. The summed E-state index contributed by atoms with van der Waals surface area (Å²) in [5.41, 5.74) is 6.97. The summed E-state index contributed by atoms with van der Waals surface area (Å²) in [6.07, 6.45) is 1.91. The second-order valence-electron chi connectivity index (χ2n) is 6.50. The van der Waals surface area contributed by atoms with Crippen LogP contribution < -0.4 is 11.1 Å². The number of carbonyl (C=O) groups excluding carboxylic acids is 2. The molecule has 3 N–H and O–H groups in total. The molecule has 0 spiro atoms. The maximum Gasteiger partial charge on any atom is 0.261 e. The van der Waals surface area contributed by atoms with Crippen molar-refractivity contribution in [1.82, 2.24) is 10.2 Å². The van der Waals surface area contributed by atoms with Gasteiger partial charge in [0.2, 0.25) is 5.91 Å². The molecule has 0 unspecified atom stereocenters. The summed E-state index contributed by atoms with van der Waals surface area (Å²) in [6.45, 7) is 4.76. The van der Waals surface area contributed by atoms with Gasteiger partial charge in [0.25, 0.3) is 5.91 Å². The fourth-order valence-electron chi connectivity index (χ4n) is 3.08. The van der Waals surface area contributed by atoms with E-state index in [0.29, 0.717) is 5.56 Å². The first kappa shape index (κ1) is 17.6. The van der Waals surface area contributed by atoms with Gasteiger partial charge in [-0.15, -0.1) is 11.3 Å². The molecule has 1 aliphatic rings. The number of amides is 2. The molecule has 0 radical (unpaired) electrons. The normalized spacial score (nSPS) is 15.9. The molecule has 1 aromatic carbocycles. The van der Waals surface area contributed by atoms with Gasteiger partial charge in [-0.3, -0.25) is 14.5 Å². The van der Waals surface area contributed by atoms with E-state index < -0.39 is 5.91 Å². The van der Waals surface area contributed by atoms with E-state index in [1.54, 1.807) is 12.1 Å². The Labute approximate surface area is 151 Å². The van der Waals surface area contributed by atoms with E-state index >= 15 is 0 Å². The molecule has 0 atom stereocenters. The number of primary amides is 1. The van der Waals surface area contributed by atoms with E-state index in [1.165, 1.54) is 16.9 Å². The molecule has 0 aliphatic carbocycles. The number of aryl methyl sites for hydroxylation is 1. The molecular formula is C19H23N3O2S. The SMILES string of the molecule is Cc1ccc(C(=O)NC2CCN(Cc3ccc(C(N)=O)cc3)CC2)s1. The van der Waals surface area contributed by atoms with Crippen molar-refractivity contribution >= 4 is 23.2 Å². The lowest BCUT2D eigenvalue weighted by Gasteiger charge is -2.32. The molecule has 0 saturated carbocycles. The lowest BCUT2D eigenvalue weighted by molar-refractivity contribution is 0.0912. The molecule has 132 valence electrons. The number of hydrogen-bond acceptors (Lipinski definition) is 4. The third-order valence-electron chi connectivity index (χ3n) is 4.53. The zero-order valence-corrected chi connectivity index (χ0v) is 15.1. The number of hydrogen-bond donors (Lipinski definition) is 2. The van der Waals surface area contributed by atoms with Gasteiger partial charge in [0.05, 0.1) is 4.88 Å². The Morgan fingerprint density at radius 3 is 2.40 bits per heavy atom. The minimum atomic E-state index is -0.399. The highest BCUT2D eigenvalue weighted by Crippen LogP contribution is 2.18. The zero-order valence-electron chi connectivity index (χ0n) is 14.3. The first-order chi connectivity index (χ1) is 12.0. The maximum atomic E-state index is 12.2. The smallest absolute Gasteiger partial charge is 0.261 e. The maximum absolute atomic E-state index is 12.2. The van der Waals surface area contributed by atoms with Crippen molar-refractivity contribution in [3.05, 3.63) is 57.3 Å². The molecule has 6 heteroatoms. The predicted octanol–water partition coefficient (Wildman–Crippen LogP) is 2.55. The number of carbonyl (C=O) groups is 2. The molecule has 0 bridgehead atoms. The monoisotopic (exact) mass is 357 g/mol. The number of benzene rings is 1. The van der Waals surface area contributed by atoms with Gasteiger partial charge in [0.15, 0.2) is 0 Å². The Morgan fingerprint density at radius 1 is 1.16 bits per heavy atom. The molecule has 2 amide bonds. The molecule has 1 aliphatic heterocycles. The first-order valence-electron chi connectivity index (χ1n) is 8.49. The standard InChI is InChI=1S/C19H23N3O2S/c1-13-2-7-17(25-13)19(24)21-16-8-10-22(11-9-16)12-14-3-5-15(6-4-14)18(20)23/h2-7,16H,8-12H2,1H3,(H2,20,23)(H,21,24). The van der Waals surface area contributed by atoms with Crippen molar-refractivity contribution in [2.75, 3.05) is 13.1 Å². The van der Waals surface area contributed by atoms with Crippen molar-refractivity contribution in [3.8, 4) is 0 Å². The Kier molecular flexibility index (Phi) is 5.50. The van der Waals surface area contributed by atoms with Crippen LogP contribution in [0, 0.1) is 6.92 Å². The minimum Gasteiger partial charge on any atom is -0.366 e. The number of likely N-dealkylation sites (tertiary alicyclic amines) is 1. The van der Waals surface area contributed by atoms with Gasteiger partial charge in [-0.25, -0.2) is 0 Å². The second-order valence-corrected chi connectivity index (χ2v) is 7.78. The Morgan fingerprint density at radius 2 is 1.84 bits per heavy atom. The number of rotatable bonds is 5. The number of nitrogens with one attached hydrogen (secondary N) is 1. The highest BCUT2D eigenvalue weighted by atomic mass is 32.1. The number of nitrogens with zero attached hydrogens (tertiary/aromatic N) is 1. The Bertz CT molecular complexity index is 746. The third-order valence-corrected chi connectivity index (χ3v) is 5.53. The van der Waals surface area contributed by atoms with E-state index in [1.807, 2.05) is 31.2 Å². The van der Waals surface area contributed by atoms with Crippen LogP contribution in [0.4, 0.5) is 0 Å². The topological polar surface area (TPSA) is 75.4 Å². The molecule has 1 saturated heterocycles. The van der Waals surface area contributed by atoms with Crippen LogP contribution in [0.25, 0.3) is 0 Å². The van der Waals surface area contributed by atoms with Crippen LogP contribution >= 0.6 is 11.3 Å². The van der Waals surface area contributed by atoms with E-state index in [-0.39, 0.29) is 11.9 Å². The number of piperidine rings is 1. The lowest BCUT2D eigenvalue weighted by Crippen LogP contribution is -2.44. The largest absolute Gasteiger partial charge is 0.366 e. The highest BCUT2D eigenvalue weighted by molar-refractivity contribution is 7.13. The molecule has 2 heterocycles. The van der Waals surface area contributed by atoms with Crippen molar-refractivity contribution < 1.29 is 9.59 Å². The van der Waals surface area contributed by atoms with Gasteiger partial charge in [0, 0.05) is 36.1 Å². The summed E-state index contributed by atoms with van der Waals surface area (Å²) < 4.78 is 0. The third kappa shape index (κ3) is 4.67. The number of nitrogens with two attached hydrogens (primary N) is 1. The van der Waals surface area contributed by atoms with Gasteiger partial charge in [-0.2, -0.15) is 0 Å². The van der Waals surface area contributed by atoms with E-state index in [0.717, 1.165) is 42.2 Å². The quantitative estimate of drug-likeness (QED) is 0.863. The summed E-state index contributed by atoms with van der Waals surface area (Å²) in [6, 6.07) is 11.6. The lowest BCUT2D eigenvalue weighted by atomic mass is 10.0. The van der Waals surface area contributed by atoms with Gasteiger partial charge in [0.1, 0.15) is 0 Å². The summed E-state index contributed by atoms with van der Waals surface area (Å²) in [4.78, 5) is 27.7. The number of thiophene rings is 1. The van der Waals surface area contributed by atoms with Crippen LogP contribution in [-0.2, 0) is 6.54 Å². The zero-order chi connectivity index (χ0) is 17.8. The van der Waals surface area contributed by atoms with Crippen molar-refractivity contribution in [1.29, 1.82) is 0 Å². The van der Waals surface area contributed by atoms with Crippen molar-refractivity contribution in [2.24, 2.45) is 5.73 Å². The van der Waals surface area contributed by atoms with Gasteiger partial charge < -0.3 is 11.1 Å². The van der Waals surface area contributed by atoms with E-state index in [4.69, 9.17) is 5.73 Å². The van der Waals surface area contributed by atoms with Crippen LogP contribution in [0.1, 0.15) is 43.3 Å². The van der Waals surface area contributed by atoms with Gasteiger partial charge >= 0.3 is 0 Å². The fourth-order valence-corrected chi connectivity index (χ4v) is 3.85. The average molecular weight is 357 g/mol. The Hall–Kier alpha value is -2.18. The van der Waals surface area contributed by atoms with Gasteiger partial charge in [-0.1, -0.05) is 12.1 Å². The minimum absolute atomic E-state index is 0.0404. The summed E-state index contributed by atoms with van der Waals surface area (Å²) in [5, 5.41) is 3.15. The van der Waals surface area contributed by atoms with Crippen molar-refractivity contribution in [2.45, 2.75) is 32.4 Å². The van der Waals surface area contributed by atoms with Crippen molar-refractivity contribution in [3.63, 3.8) is 0 Å². The van der Waals surface area contributed by atoms with E-state index in [2.05, 4.69) is 10.2 Å². The average Bonchev–Trinajstić information content (AvgIpc) is 3.04. The summed E-state index contributed by atoms with van der Waals surface area (Å²) in [7, 11) is 0. The van der Waals surface area contributed by atoms with Crippen LogP contribution in [0.15, 0.2) is 36.4 Å². The summed E-state index contributed by atoms with van der Waals surface area (Å²) >= 11 is 1.53. The molecule has 5 nitrogen and oxygen atoms in total. The first-order valence-corrected chi connectivity index (χ1v) is 9.31. The van der Waals surface area contributed by atoms with Crippen LogP contribution in [0.2, 0.25) is 0 Å². The van der Waals surface area contributed by atoms with Crippen LogP contribution in [0.3, 0.4) is 0 Å². The molecule has 3 rings (SSSR count). The van der Waals surface area contributed by atoms with Gasteiger partial charge in [-0.05, 0) is 49.6 Å². The second kappa shape index (κ2) is 7.80. The molecule has 2 aromatic rings.